The quantitative estimate of drug-likeness (QED) is 0.625. The van der Waals surface area contributed by atoms with Gasteiger partial charge in [-0.1, -0.05) is 43.2 Å². The van der Waals surface area contributed by atoms with E-state index < -0.39 is 0 Å². The minimum Gasteiger partial charge on any atom is -0.354 e. The number of aromatic amines is 1. The molecule has 2 saturated carbocycles. The maximum Gasteiger partial charge on any atom is 0.231 e. The topological polar surface area (TPSA) is 70.7 Å². The molecule has 1 atom stereocenters. The minimum absolute atomic E-state index is 0.205. The zero-order valence-corrected chi connectivity index (χ0v) is 14.4. The molecule has 126 valence electrons. The van der Waals surface area contributed by atoms with Crippen LogP contribution in [-0.4, -0.2) is 33.6 Å². The van der Waals surface area contributed by atoms with Crippen LogP contribution >= 0.6 is 11.8 Å². The Hall–Kier alpha value is -1.82. The van der Waals surface area contributed by atoms with E-state index in [1.54, 1.807) is 18.0 Å². The van der Waals surface area contributed by atoms with Gasteiger partial charge in [-0.25, -0.2) is 0 Å². The van der Waals surface area contributed by atoms with Crippen molar-refractivity contribution in [2.24, 2.45) is 5.41 Å². The van der Waals surface area contributed by atoms with E-state index in [0.717, 1.165) is 17.2 Å². The van der Waals surface area contributed by atoms with E-state index in [-0.39, 0.29) is 16.7 Å². The first-order valence-electron chi connectivity index (χ1n) is 8.59. The van der Waals surface area contributed by atoms with Crippen molar-refractivity contribution in [3.05, 3.63) is 42.1 Å². The third kappa shape index (κ3) is 2.53. The lowest BCUT2D eigenvalue weighted by Crippen LogP contribution is -2.39. The van der Waals surface area contributed by atoms with Crippen LogP contribution in [0, 0.1) is 5.41 Å². The number of hydrogen-bond acceptors (Lipinski definition) is 4. The fourth-order valence-electron chi connectivity index (χ4n) is 4.43. The van der Waals surface area contributed by atoms with E-state index in [4.69, 9.17) is 0 Å². The Morgan fingerprint density at radius 3 is 2.75 bits per heavy atom. The predicted molar refractivity (Wildman–Crippen MR) is 93.8 cm³/mol. The number of aromatic nitrogens is 3. The molecule has 0 radical (unpaired) electrons. The van der Waals surface area contributed by atoms with Gasteiger partial charge < -0.3 is 5.32 Å². The van der Waals surface area contributed by atoms with Gasteiger partial charge in [0.25, 0.3) is 0 Å². The fourth-order valence-corrected chi connectivity index (χ4v) is 5.08. The number of carbonyl (C=O) groups excluding carboxylic acids is 1. The number of carbonyl (C=O) groups is 1. The summed E-state index contributed by atoms with van der Waals surface area (Å²) in [6, 6.07) is 10.4. The van der Waals surface area contributed by atoms with Crippen LogP contribution < -0.4 is 5.32 Å². The molecule has 5 nitrogen and oxygen atoms in total. The van der Waals surface area contributed by atoms with Crippen molar-refractivity contribution in [3.63, 3.8) is 0 Å². The Balaban J connectivity index is 1.43. The average Bonchev–Trinajstić information content (AvgIpc) is 2.98. The highest BCUT2D eigenvalue weighted by Gasteiger charge is 2.72. The number of nitrogens with zero attached hydrogens (tertiary/aromatic N) is 2. The van der Waals surface area contributed by atoms with Crippen LogP contribution in [-0.2, 0) is 10.2 Å². The molecular formula is C18H22N4OS. The normalized spacial score (nSPS) is 24.2. The van der Waals surface area contributed by atoms with Crippen molar-refractivity contribution in [2.45, 2.75) is 42.5 Å². The van der Waals surface area contributed by atoms with E-state index in [0.29, 0.717) is 6.54 Å². The summed E-state index contributed by atoms with van der Waals surface area (Å²) in [5.74, 6) is 1.01. The summed E-state index contributed by atoms with van der Waals surface area (Å²) in [5.41, 5.74) is 1.09. The van der Waals surface area contributed by atoms with Gasteiger partial charge in [-0.15, -0.1) is 16.9 Å². The molecule has 0 bridgehead atoms. The lowest BCUT2D eigenvalue weighted by Gasteiger charge is -2.22. The zero-order valence-electron chi connectivity index (χ0n) is 13.6. The average molecular weight is 342 g/mol. The Morgan fingerprint density at radius 1 is 1.25 bits per heavy atom. The van der Waals surface area contributed by atoms with Crippen molar-refractivity contribution in [3.8, 4) is 0 Å². The van der Waals surface area contributed by atoms with Crippen LogP contribution in [0.25, 0.3) is 0 Å². The van der Waals surface area contributed by atoms with Crippen LogP contribution in [0.15, 0.2) is 41.6 Å². The molecule has 2 N–H and O–H groups in total. The predicted octanol–water partition coefficient (Wildman–Crippen LogP) is 2.92. The second kappa shape index (κ2) is 6.24. The first-order chi connectivity index (χ1) is 11.8. The SMILES string of the molecule is O=C(NCCSc1cn[nH]n1)[C@@]1(c2ccccc2)CC12CCCC2. The maximum absolute atomic E-state index is 13.1. The molecule has 0 saturated heterocycles. The molecule has 1 spiro atoms. The van der Waals surface area contributed by atoms with Crippen LogP contribution in [0.5, 0.6) is 0 Å². The molecule has 1 amide bonds. The molecule has 2 aliphatic rings. The third-order valence-corrected chi connectivity index (χ3v) is 6.53. The van der Waals surface area contributed by atoms with Gasteiger partial charge in [0.05, 0.1) is 11.6 Å². The smallest absolute Gasteiger partial charge is 0.231 e. The van der Waals surface area contributed by atoms with Crippen molar-refractivity contribution in [1.82, 2.24) is 20.7 Å². The number of amides is 1. The molecule has 2 fully saturated rings. The number of H-pyrrole nitrogens is 1. The Bertz CT molecular complexity index is 697. The summed E-state index contributed by atoms with van der Waals surface area (Å²) in [5, 5.41) is 14.4. The molecule has 24 heavy (non-hydrogen) atoms. The first-order valence-corrected chi connectivity index (χ1v) is 9.58. The molecule has 1 aromatic heterocycles. The molecule has 1 aromatic carbocycles. The zero-order chi connectivity index (χ0) is 16.5. The van der Waals surface area contributed by atoms with Gasteiger partial charge in [0.1, 0.15) is 5.03 Å². The Kier molecular flexibility index (Phi) is 4.08. The van der Waals surface area contributed by atoms with Crippen molar-refractivity contribution < 1.29 is 4.79 Å². The molecule has 4 rings (SSSR count). The summed E-state index contributed by atoms with van der Waals surface area (Å²) in [6.07, 6.45) is 7.58. The number of rotatable bonds is 6. The molecule has 2 aliphatic carbocycles. The number of thioether (sulfide) groups is 1. The molecule has 6 heteroatoms. The Labute approximate surface area is 146 Å². The van der Waals surface area contributed by atoms with Crippen molar-refractivity contribution >= 4 is 17.7 Å². The maximum atomic E-state index is 13.1. The van der Waals surface area contributed by atoms with Crippen molar-refractivity contribution in [2.75, 3.05) is 12.3 Å². The van der Waals surface area contributed by atoms with Gasteiger partial charge in [-0.05, 0) is 30.2 Å². The van der Waals surface area contributed by atoms with E-state index >= 15 is 0 Å². The van der Waals surface area contributed by atoms with Gasteiger partial charge in [0, 0.05) is 12.3 Å². The van der Waals surface area contributed by atoms with Crippen LogP contribution in [0.3, 0.4) is 0 Å². The second-order valence-electron chi connectivity index (χ2n) is 6.85. The summed E-state index contributed by atoms with van der Waals surface area (Å²) in [6.45, 7) is 0.654. The van der Waals surface area contributed by atoms with Gasteiger partial charge in [-0.2, -0.15) is 10.3 Å². The fraction of sp³-hybridized carbons (Fsp3) is 0.500. The lowest BCUT2D eigenvalue weighted by atomic mass is 9.84. The summed E-state index contributed by atoms with van der Waals surface area (Å²) < 4.78 is 0. The van der Waals surface area contributed by atoms with Crippen LogP contribution in [0.4, 0.5) is 0 Å². The number of benzene rings is 1. The largest absolute Gasteiger partial charge is 0.354 e. The monoisotopic (exact) mass is 342 g/mol. The highest BCUT2D eigenvalue weighted by molar-refractivity contribution is 7.99. The van der Waals surface area contributed by atoms with E-state index in [9.17, 15) is 4.79 Å². The molecule has 0 aliphatic heterocycles. The van der Waals surface area contributed by atoms with Gasteiger partial charge in [0.15, 0.2) is 0 Å². The molecule has 2 aromatic rings. The van der Waals surface area contributed by atoms with Gasteiger partial charge >= 0.3 is 0 Å². The minimum atomic E-state index is -0.302. The van der Waals surface area contributed by atoms with E-state index in [1.807, 2.05) is 18.2 Å². The number of nitrogens with one attached hydrogen (secondary N) is 2. The molecule has 1 heterocycles. The first kappa shape index (κ1) is 15.7. The Morgan fingerprint density at radius 2 is 2.04 bits per heavy atom. The van der Waals surface area contributed by atoms with Crippen LogP contribution in [0.1, 0.15) is 37.7 Å². The highest BCUT2D eigenvalue weighted by Crippen LogP contribution is 2.72. The van der Waals surface area contributed by atoms with E-state index in [1.165, 1.54) is 31.2 Å². The molecule has 0 unspecified atom stereocenters. The highest BCUT2D eigenvalue weighted by atomic mass is 32.2. The summed E-state index contributed by atoms with van der Waals surface area (Å²) in [7, 11) is 0. The van der Waals surface area contributed by atoms with Crippen LogP contribution in [0.2, 0.25) is 0 Å². The van der Waals surface area contributed by atoms with Gasteiger partial charge in [-0.3, -0.25) is 4.79 Å². The molecular weight excluding hydrogens is 320 g/mol. The lowest BCUT2D eigenvalue weighted by molar-refractivity contribution is -0.124. The van der Waals surface area contributed by atoms with Crippen molar-refractivity contribution in [1.29, 1.82) is 0 Å². The standard InChI is InChI=1S/C18H22N4OS/c23-16(19-10-11-24-15-12-20-22-21-15)18(14-6-2-1-3-7-14)13-17(18)8-4-5-9-17/h1-3,6-7,12H,4-5,8-11,13H2,(H,19,23)(H,20,21,22)/t18-/m0/s1. The van der Waals surface area contributed by atoms with Gasteiger partial charge in [0.2, 0.25) is 5.91 Å². The summed E-state index contributed by atoms with van der Waals surface area (Å²) >= 11 is 1.60. The number of hydrogen-bond donors (Lipinski definition) is 2. The summed E-state index contributed by atoms with van der Waals surface area (Å²) in [4.78, 5) is 13.1. The second-order valence-corrected chi connectivity index (χ2v) is 7.96. The third-order valence-electron chi connectivity index (χ3n) is 5.63. The van der Waals surface area contributed by atoms with E-state index in [2.05, 4.69) is 32.9 Å².